The highest BCUT2D eigenvalue weighted by Crippen LogP contribution is 2.34. The minimum atomic E-state index is -0.495. The number of aryl methyl sites for hydroxylation is 1. The fourth-order valence-electron chi connectivity index (χ4n) is 5.61. The van der Waals surface area contributed by atoms with E-state index in [2.05, 4.69) is 28.8 Å². The molecule has 3 heterocycles. The molecule has 5 N–H and O–H groups in total. The lowest BCUT2D eigenvalue weighted by atomic mass is 9.89. The summed E-state index contributed by atoms with van der Waals surface area (Å²) in [5.74, 6) is 0.700. The number of H-pyrrole nitrogens is 1. The Labute approximate surface area is 250 Å². The molecular weight excluding hydrogens is 555 g/mol. The lowest BCUT2D eigenvalue weighted by molar-refractivity contribution is -0.0115. The summed E-state index contributed by atoms with van der Waals surface area (Å²) in [4.78, 5) is 24.5. The molecule has 0 aliphatic carbocycles. The maximum atomic E-state index is 15.1. The monoisotopic (exact) mass is 592 g/mol. The predicted molar refractivity (Wildman–Crippen MR) is 167 cm³/mol. The van der Waals surface area contributed by atoms with Crippen LogP contribution in [-0.2, 0) is 11.2 Å². The highest BCUT2D eigenvalue weighted by atomic mass is 35.5. The molecule has 1 aliphatic heterocycles. The zero-order valence-corrected chi connectivity index (χ0v) is 24.8. The van der Waals surface area contributed by atoms with Gasteiger partial charge in [0.25, 0.3) is 0 Å². The number of hydrogen-bond acceptors (Lipinski definition) is 4. The van der Waals surface area contributed by atoms with Crippen LogP contribution in [0.4, 0.5) is 4.39 Å². The average Bonchev–Trinajstić information content (AvgIpc) is 3.37. The van der Waals surface area contributed by atoms with Crippen molar-refractivity contribution in [2.75, 3.05) is 13.2 Å². The van der Waals surface area contributed by atoms with Gasteiger partial charge in [-0.3, -0.25) is 9.56 Å². The van der Waals surface area contributed by atoms with Crippen molar-refractivity contribution >= 4 is 28.6 Å². The molecule has 222 valence electrons. The van der Waals surface area contributed by atoms with Crippen LogP contribution in [0.15, 0.2) is 58.4 Å². The van der Waals surface area contributed by atoms with E-state index >= 15 is 4.39 Å². The number of nitrogens with two attached hydrogens (primary N) is 2. The molecular formula is C32H38ClFN6O2. The first-order valence-corrected chi connectivity index (χ1v) is 14.9. The molecule has 2 atom stereocenters. The third-order valence-electron chi connectivity index (χ3n) is 7.90. The summed E-state index contributed by atoms with van der Waals surface area (Å²) in [7, 11) is 0. The molecule has 0 bridgehead atoms. The van der Waals surface area contributed by atoms with Crippen LogP contribution in [0.3, 0.4) is 0 Å². The van der Waals surface area contributed by atoms with Crippen molar-refractivity contribution in [1.29, 1.82) is 0 Å². The zero-order valence-electron chi connectivity index (χ0n) is 24.1. The number of hydrogen-bond donors (Lipinski definition) is 3. The zero-order chi connectivity index (χ0) is 29.8. The largest absolute Gasteiger partial charge is 0.374 e. The van der Waals surface area contributed by atoms with Crippen LogP contribution in [0.25, 0.3) is 28.0 Å². The minimum Gasteiger partial charge on any atom is -0.374 e. The second kappa shape index (κ2) is 13.1. The Hall–Kier alpha value is -3.69. The Morgan fingerprint density at radius 1 is 1.24 bits per heavy atom. The van der Waals surface area contributed by atoms with E-state index in [0.717, 1.165) is 49.7 Å². The van der Waals surface area contributed by atoms with Gasteiger partial charge in [0.1, 0.15) is 5.65 Å². The number of rotatable bonds is 10. The van der Waals surface area contributed by atoms with Gasteiger partial charge in [-0.15, -0.1) is 0 Å². The van der Waals surface area contributed by atoms with Crippen molar-refractivity contribution in [3.05, 3.63) is 81.1 Å². The van der Waals surface area contributed by atoms with E-state index in [4.69, 9.17) is 27.8 Å². The van der Waals surface area contributed by atoms with Crippen LogP contribution in [0.5, 0.6) is 0 Å². The SMILES string of the molecule is CC(C)CCCc1cc(Cl)c(F)c(-c2cc3cn(-c4ccc([C@@H]5C[C@@H](CCN=C(N)N)CCO5)cc4)c(=O)nc3[nH]2)c1. The number of guanidine groups is 1. The number of aromatic amines is 1. The highest BCUT2D eigenvalue weighted by Gasteiger charge is 2.24. The first kappa shape index (κ1) is 29.8. The number of aliphatic imine (C=N–C) groups is 1. The number of halogens is 2. The van der Waals surface area contributed by atoms with Gasteiger partial charge < -0.3 is 21.2 Å². The third-order valence-corrected chi connectivity index (χ3v) is 8.18. The lowest BCUT2D eigenvalue weighted by Crippen LogP contribution is -2.24. The van der Waals surface area contributed by atoms with E-state index in [1.807, 2.05) is 30.3 Å². The van der Waals surface area contributed by atoms with Gasteiger partial charge in [-0.25, -0.2) is 9.18 Å². The van der Waals surface area contributed by atoms with Crippen molar-refractivity contribution in [3.8, 4) is 16.9 Å². The predicted octanol–water partition coefficient (Wildman–Crippen LogP) is 6.28. The van der Waals surface area contributed by atoms with E-state index in [0.29, 0.717) is 53.0 Å². The van der Waals surface area contributed by atoms with E-state index < -0.39 is 11.5 Å². The summed E-state index contributed by atoms with van der Waals surface area (Å²) in [6.07, 6.45) is 7.38. The molecule has 1 saturated heterocycles. The van der Waals surface area contributed by atoms with Crippen LogP contribution in [-0.4, -0.2) is 33.6 Å². The molecule has 0 radical (unpaired) electrons. The van der Waals surface area contributed by atoms with Crippen molar-refractivity contribution in [1.82, 2.24) is 14.5 Å². The van der Waals surface area contributed by atoms with Gasteiger partial charge in [0.15, 0.2) is 11.8 Å². The summed E-state index contributed by atoms with van der Waals surface area (Å²) in [6.45, 7) is 5.67. The van der Waals surface area contributed by atoms with Gasteiger partial charge in [0.2, 0.25) is 0 Å². The molecule has 2 aromatic heterocycles. The van der Waals surface area contributed by atoms with Crippen molar-refractivity contribution in [2.45, 2.75) is 58.5 Å². The first-order valence-electron chi connectivity index (χ1n) is 14.6. The Balaban J connectivity index is 1.35. The molecule has 5 rings (SSSR count). The molecule has 8 nitrogen and oxygen atoms in total. The second-order valence-corrected chi connectivity index (χ2v) is 11.9. The Morgan fingerprint density at radius 2 is 2.02 bits per heavy atom. The Morgan fingerprint density at radius 3 is 2.76 bits per heavy atom. The van der Waals surface area contributed by atoms with Crippen LogP contribution in [0.1, 0.15) is 63.2 Å². The van der Waals surface area contributed by atoms with Gasteiger partial charge in [-0.05, 0) is 85.4 Å². The summed E-state index contributed by atoms with van der Waals surface area (Å²) >= 11 is 6.27. The van der Waals surface area contributed by atoms with Crippen LogP contribution in [0, 0.1) is 17.7 Å². The third kappa shape index (κ3) is 7.02. The number of aromatic nitrogens is 3. The van der Waals surface area contributed by atoms with Crippen molar-refractivity contribution in [2.24, 2.45) is 28.3 Å². The molecule has 0 saturated carbocycles. The van der Waals surface area contributed by atoms with Gasteiger partial charge >= 0.3 is 5.69 Å². The smallest absolute Gasteiger partial charge is 0.354 e. The molecule has 1 fully saturated rings. The number of nitrogens with one attached hydrogen (secondary N) is 1. The molecule has 10 heteroatoms. The molecule has 1 aliphatic rings. The topological polar surface area (TPSA) is 124 Å². The quantitative estimate of drug-likeness (QED) is 0.148. The number of benzene rings is 2. The average molecular weight is 593 g/mol. The summed E-state index contributed by atoms with van der Waals surface area (Å²) in [5, 5.41) is 0.772. The number of ether oxygens (including phenoxy) is 1. The fourth-order valence-corrected chi connectivity index (χ4v) is 5.85. The summed E-state index contributed by atoms with van der Waals surface area (Å²) < 4.78 is 22.6. The fraction of sp³-hybridized carbons (Fsp3) is 0.406. The molecule has 2 aromatic carbocycles. The van der Waals surface area contributed by atoms with Gasteiger partial charge in [0.05, 0.1) is 22.5 Å². The maximum absolute atomic E-state index is 15.1. The van der Waals surface area contributed by atoms with Gasteiger partial charge in [-0.2, -0.15) is 4.98 Å². The second-order valence-electron chi connectivity index (χ2n) is 11.5. The normalized spacial score (nSPS) is 17.2. The molecule has 4 aromatic rings. The van der Waals surface area contributed by atoms with Crippen molar-refractivity contribution in [3.63, 3.8) is 0 Å². The van der Waals surface area contributed by atoms with Gasteiger partial charge in [0, 0.05) is 30.3 Å². The highest BCUT2D eigenvalue weighted by molar-refractivity contribution is 6.31. The van der Waals surface area contributed by atoms with Crippen molar-refractivity contribution < 1.29 is 9.13 Å². The lowest BCUT2D eigenvalue weighted by Gasteiger charge is -2.29. The van der Waals surface area contributed by atoms with Crippen LogP contribution < -0.4 is 17.2 Å². The van der Waals surface area contributed by atoms with Crippen LogP contribution in [0.2, 0.25) is 5.02 Å². The maximum Gasteiger partial charge on any atom is 0.354 e. The summed E-state index contributed by atoms with van der Waals surface area (Å²) in [5.41, 5.74) is 14.5. The summed E-state index contributed by atoms with van der Waals surface area (Å²) in [6, 6.07) is 13.1. The first-order chi connectivity index (χ1) is 20.2. The number of nitrogens with zero attached hydrogens (tertiary/aromatic N) is 3. The van der Waals surface area contributed by atoms with Crippen LogP contribution >= 0.6 is 11.6 Å². The standard InChI is InChI=1S/C32H38ClFN6O2/c1-19(2)4-3-5-21-14-25(29(34)26(33)15-21)27-17-23-18-40(32(41)39-30(23)38-27)24-8-6-22(7-9-24)28-16-20(11-13-42-28)10-12-37-31(35)36/h6-9,14-15,17-20,28H,3-5,10-13,16H2,1-2H3,(H4,35,36,37)(H,38,39,41)/t20-,28-/m0/s1. The molecule has 0 amide bonds. The van der Waals surface area contributed by atoms with E-state index in [-0.39, 0.29) is 17.1 Å². The van der Waals surface area contributed by atoms with E-state index in [9.17, 15) is 4.79 Å². The molecule has 0 spiro atoms. The molecule has 42 heavy (non-hydrogen) atoms. The minimum absolute atomic E-state index is 0.0237. The van der Waals surface area contributed by atoms with E-state index in [1.54, 1.807) is 18.3 Å². The Kier molecular flexibility index (Phi) is 9.28. The molecule has 0 unspecified atom stereocenters. The van der Waals surface area contributed by atoms with Gasteiger partial charge in [-0.1, -0.05) is 44.0 Å². The Bertz CT molecular complexity index is 1620. The van der Waals surface area contributed by atoms with E-state index in [1.165, 1.54) is 4.57 Å². The number of fused-ring (bicyclic) bond motifs is 1.